The van der Waals surface area contributed by atoms with Gasteiger partial charge in [0, 0.05) is 0 Å². The van der Waals surface area contributed by atoms with Crippen LogP contribution < -0.4 is 0 Å². The standard InChI is InChI=1S/C10H22S2/c1-9(11)7-5-3-4-6-8-10(2)12/h9-12H,3-8H2,1-2H3. The molecule has 0 aliphatic rings. The summed E-state index contributed by atoms with van der Waals surface area (Å²) >= 11 is 8.69. The molecule has 2 heteroatoms. The van der Waals surface area contributed by atoms with Gasteiger partial charge in [-0.3, -0.25) is 0 Å². The van der Waals surface area contributed by atoms with Crippen molar-refractivity contribution in [2.75, 3.05) is 0 Å². The van der Waals surface area contributed by atoms with E-state index in [9.17, 15) is 0 Å². The van der Waals surface area contributed by atoms with E-state index in [1.54, 1.807) is 0 Å². The Bertz CT molecular complexity index is 77.8. The first-order valence-corrected chi connectivity index (χ1v) is 6.02. The molecule has 0 saturated heterocycles. The zero-order valence-electron chi connectivity index (χ0n) is 8.29. The Kier molecular flexibility index (Phi) is 8.79. The van der Waals surface area contributed by atoms with Crippen LogP contribution in [0.5, 0.6) is 0 Å². The molecule has 0 saturated carbocycles. The third-order valence-electron chi connectivity index (χ3n) is 1.99. The van der Waals surface area contributed by atoms with Crippen LogP contribution in [-0.4, -0.2) is 10.5 Å². The minimum Gasteiger partial charge on any atom is -0.176 e. The second kappa shape index (κ2) is 8.31. The summed E-state index contributed by atoms with van der Waals surface area (Å²) in [6.45, 7) is 4.33. The number of unbranched alkanes of at least 4 members (excludes halogenated alkanes) is 3. The Labute approximate surface area is 88.3 Å². The summed E-state index contributed by atoms with van der Waals surface area (Å²) in [5, 5.41) is 1.16. The summed E-state index contributed by atoms with van der Waals surface area (Å²) in [5.74, 6) is 0. The monoisotopic (exact) mass is 206 g/mol. The summed E-state index contributed by atoms with van der Waals surface area (Å²) < 4.78 is 0. The van der Waals surface area contributed by atoms with Crippen LogP contribution in [0, 0.1) is 0 Å². The summed E-state index contributed by atoms with van der Waals surface area (Å²) in [5.41, 5.74) is 0. The van der Waals surface area contributed by atoms with Gasteiger partial charge in [-0.05, 0) is 23.3 Å². The molecule has 0 nitrogen and oxygen atoms in total. The van der Waals surface area contributed by atoms with E-state index in [1.165, 1.54) is 38.5 Å². The van der Waals surface area contributed by atoms with Crippen molar-refractivity contribution in [3.8, 4) is 0 Å². The molecule has 0 aromatic heterocycles. The average molecular weight is 206 g/mol. The van der Waals surface area contributed by atoms with E-state index >= 15 is 0 Å². The van der Waals surface area contributed by atoms with Gasteiger partial charge in [-0.25, -0.2) is 0 Å². The molecule has 0 radical (unpaired) electrons. The first kappa shape index (κ1) is 12.7. The third kappa shape index (κ3) is 10.7. The molecule has 0 heterocycles. The Morgan fingerprint density at radius 1 is 0.750 bits per heavy atom. The molecule has 0 N–H and O–H groups in total. The lowest BCUT2D eigenvalue weighted by molar-refractivity contribution is 0.593. The van der Waals surface area contributed by atoms with Crippen molar-refractivity contribution in [1.29, 1.82) is 0 Å². The average Bonchev–Trinajstić information content (AvgIpc) is 1.95. The van der Waals surface area contributed by atoms with Gasteiger partial charge in [0.05, 0.1) is 0 Å². The smallest absolute Gasteiger partial charge is 0.00116 e. The fourth-order valence-corrected chi connectivity index (χ4v) is 1.60. The molecule has 0 aliphatic heterocycles. The summed E-state index contributed by atoms with van der Waals surface area (Å²) in [6, 6.07) is 0. The van der Waals surface area contributed by atoms with E-state index in [0.29, 0.717) is 10.5 Å². The van der Waals surface area contributed by atoms with E-state index < -0.39 is 0 Å². The van der Waals surface area contributed by atoms with E-state index in [-0.39, 0.29) is 0 Å². The van der Waals surface area contributed by atoms with E-state index in [4.69, 9.17) is 0 Å². The summed E-state index contributed by atoms with van der Waals surface area (Å²) in [7, 11) is 0. The lowest BCUT2D eigenvalue weighted by Gasteiger charge is -2.05. The summed E-state index contributed by atoms with van der Waals surface area (Å²) in [6.07, 6.45) is 7.94. The predicted molar refractivity (Wildman–Crippen MR) is 64.6 cm³/mol. The van der Waals surface area contributed by atoms with Gasteiger partial charge in [0.15, 0.2) is 0 Å². The molecule has 12 heavy (non-hydrogen) atoms. The minimum atomic E-state index is 0.578. The zero-order chi connectivity index (χ0) is 9.40. The highest BCUT2D eigenvalue weighted by Crippen LogP contribution is 2.12. The van der Waals surface area contributed by atoms with Crippen LogP contribution in [-0.2, 0) is 0 Å². The molecule has 0 aliphatic carbocycles. The zero-order valence-corrected chi connectivity index (χ0v) is 10.1. The molecule has 2 unspecified atom stereocenters. The van der Waals surface area contributed by atoms with Crippen molar-refractivity contribution in [3.05, 3.63) is 0 Å². The molecule has 0 bridgehead atoms. The number of hydrogen-bond acceptors (Lipinski definition) is 2. The van der Waals surface area contributed by atoms with Gasteiger partial charge in [0.2, 0.25) is 0 Å². The molecule has 0 spiro atoms. The molecule has 0 rings (SSSR count). The second-order valence-electron chi connectivity index (χ2n) is 3.69. The first-order valence-electron chi connectivity index (χ1n) is 4.99. The van der Waals surface area contributed by atoms with Gasteiger partial charge in [0.1, 0.15) is 0 Å². The highest BCUT2D eigenvalue weighted by molar-refractivity contribution is 7.81. The van der Waals surface area contributed by atoms with Crippen LogP contribution in [0.15, 0.2) is 0 Å². The third-order valence-corrected chi connectivity index (χ3v) is 2.51. The lowest BCUT2D eigenvalue weighted by Crippen LogP contribution is -1.92. The first-order chi connectivity index (χ1) is 5.63. The Morgan fingerprint density at radius 2 is 1.08 bits per heavy atom. The van der Waals surface area contributed by atoms with Crippen molar-refractivity contribution in [2.24, 2.45) is 0 Å². The SMILES string of the molecule is CC(S)CCCCCCC(C)S. The largest absolute Gasteiger partial charge is 0.176 e. The van der Waals surface area contributed by atoms with Gasteiger partial charge in [-0.15, -0.1) is 0 Å². The van der Waals surface area contributed by atoms with Crippen molar-refractivity contribution in [1.82, 2.24) is 0 Å². The number of rotatable bonds is 7. The highest BCUT2D eigenvalue weighted by atomic mass is 32.1. The maximum Gasteiger partial charge on any atom is -0.00116 e. The van der Waals surface area contributed by atoms with E-state index in [2.05, 4.69) is 39.1 Å². The van der Waals surface area contributed by atoms with Gasteiger partial charge < -0.3 is 0 Å². The Balaban J connectivity index is 2.91. The molecule has 0 aromatic carbocycles. The van der Waals surface area contributed by atoms with E-state index in [1.807, 2.05) is 0 Å². The maximum absolute atomic E-state index is 4.34. The topological polar surface area (TPSA) is 0 Å². The van der Waals surface area contributed by atoms with Crippen molar-refractivity contribution in [2.45, 2.75) is 62.9 Å². The van der Waals surface area contributed by atoms with Gasteiger partial charge in [0.25, 0.3) is 0 Å². The van der Waals surface area contributed by atoms with E-state index in [0.717, 1.165) is 0 Å². The molecule has 0 amide bonds. The predicted octanol–water partition coefficient (Wildman–Crippen LogP) is 3.96. The van der Waals surface area contributed by atoms with Crippen LogP contribution in [0.1, 0.15) is 52.4 Å². The minimum absolute atomic E-state index is 0.578. The van der Waals surface area contributed by atoms with Crippen molar-refractivity contribution in [3.63, 3.8) is 0 Å². The normalized spacial score (nSPS) is 16.0. The van der Waals surface area contributed by atoms with Crippen LogP contribution in [0.3, 0.4) is 0 Å². The second-order valence-corrected chi connectivity index (χ2v) is 5.45. The lowest BCUT2D eigenvalue weighted by atomic mass is 10.1. The number of thiol groups is 2. The molecular formula is C10H22S2. The summed E-state index contributed by atoms with van der Waals surface area (Å²) in [4.78, 5) is 0. The van der Waals surface area contributed by atoms with Crippen LogP contribution in [0.25, 0.3) is 0 Å². The maximum atomic E-state index is 4.34. The molecular weight excluding hydrogens is 184 g/mol. The van der Waals surface area contributed by atoms with Crippen molar-refractivity contribution >= 4 is 25.3 Å². The van der Waals surface area contributed by atoms with Crippen LogP contribution >= 0.6 is 25.3 Å². The molecule has 0 aromatic rings. The number of hydrogen-bond donors (Lipinski definition) is 2. The molecule has 0 fully saturated rings. The van der Waals surface area contributed by atoms with Crippen molar-refractivity contribution < 1.29 is 0 Å². The van der Waals surface area contributed by atoms with Crippen LogP contribution in [0.2, 0.25) is 0 Å². The van der Waals surface area contributed by atoms with Gasteiger partial charge in [-0.1, -0.05) is 39.5 Å². The fraction of sp³-hybridized carbons (Fsp3) is 1.00. The Morgan fingerprint density at radius 3 is 1.33 bits per heavy atom. The highest BCUT2D eigenvalue weighted by Gasteiger charge is 1.96. The fourth-order valence-electron chi connectivity index (χ4n) is 1.23. The molecule has 74 valence electrons. The Hall–Kier alpha value is 0.700. The van der Waals surface area contributed by atoms with Crippen LogP contribution in [0.4, 0.5) is 0 Å². The van der Waals surface area contributed by atoms with Gasteiger partial charge in [-0.2, -0.15) is 25.3 Å². The quantitative estimate of drug-likeness (QED) is 0.457. The molecule has 2 atom stereocenters. The van der Waals surface area contributed by atoms with Gasteiger partial charge >= 0.3 is 0 Å².